The fourth-order valence-electron chi connectivity index (χ4n) is 2.51. The Kier molecular flexibility index (Phi) is 6.70. The van der Waals surface area contributed by atoms with Crippen LogP contribution in [0, 0.1) is 0 Å². The summed E-state index contributed by atoms with van der Waals surface area (Å²) in [6.45, 7) is 16.7. The zero-order chi connectivity index (χ0) is 19.4. The van der Waals surface area contributed by atoms with Gasteiger partial charge in [-0.15, -0.1) is 0 Å². The SMILES string of the molecule is CC(C)c1ccc(Nc2ccc(CCO[Si](C)(C)C(C)(C)C)cc2)cc1. The van der Waals surface area contributed by atoms with Gasteiger partial charge in [0.05, 0.1) is 0 Å². The lowest BCUT2D eigenvalue weighted by molar-refractivity contribution is 0.292. The van der Waals surface area contributed by atoms with Crippen molar-refractivity contribution in [3.63, 3.8) is 0 Å². The van der Waals surface area contributed by atoms with Crippen molar-refractivity contribution in [3.05, 3.63) is 59.7 Å². The van der Waals surface area contributed by atoms with Gasteiger partial charge in [-0.2, -0.15) is 0 Å². The van der Waals surface area contributed by atoms with E-state index < -0.39 is 8.32 Å². The van der Waals surface area contributed by atoms with Gasteiger partial charge in [0.25, 0.3) is 0 Å². The van der Waals surface area contributed by atoms with Gasteiger partial charge in [-0.25, -0.2) is 0 Å². The number of anilines is 2. The highest BCUT2D eigenvalue weighted by molar-refractivity contribution is 6.74. The van der Waals surface area contributed by atoms with E-state index in [1.54, 1.807) is 0 Å². The number of nitrogens with one attached hydrogen (secondary N) is 1. The first-order valence-corrected chi connectivity index (χ1v) is 12.6. The Bertz CT molecular complexity index is 682. The van der Waals surface area contributed by atoms with Gasteiger partial charge in [0.1, 0.15) is 0 Å². The van der Waals surface area contributed by atoms with Crippen LogP contribution in [0.5, 0.6) is 0 Å². The predicted molar refractivity (Wildman–Crippen MR) is 117 cm³/mol. The standard InChI is InChI=1S/C23H35NOSi/c1-18(2)20-10-14-22(15-11-20)24-21-12-8-19(9-13-21)16-17-25-26(6,7)23(3,4)5/h8-15,18,24H,16-17H2,1-7H3. The Morgan fingerprint density at radius 2 is 1.38 bits per heavy atom. The summed E-state index contributed by atoms with van der Waals surface area (Å²) in [7, 11) is -1.65. The van der Waals surface area contributed by atoms with Crippen LogP contribution in [-0.4, -0.2) is 14.9 Å². The van der Waals surface area contributed by atoms with E-state index in [2.05, 4.69) is 102 Å². The molecule has 0 bridgehead atoms. The van der Waals surface area contributed by atoms with Crippen molar-refractivity contribution >= 4 is 19.7 Å². The molecule has 0 aliphatic rings. The Balaban J connectivity index is 1.88. The van der Waals surface area contributed by atoms with E-state index in [9.17, 15) is 0 Å². The molecular formula is C23H35NOSi. The number of benzene rings is 2. The Morgan fingerprint density at radius 1 is 0.885 bits per heavy atom. The second kappa shape index (κ2) is 8.41. The highest BCUT2D eigenvalue weighted by atomic mass is 28.4. The Hall–Kier alpha value is -1.58. The van der Waals surface area contributed by atoms with E-state index in [0.29, 0.717) is 5.92 Å². The molecule has 1 N–H and O–H groups in total. The van der Waals surface area contributed by atoms with Crippen LogP contribution in [0.15, 0.2) is 48.5 Å². The molecular weight excluding hydrogens is 334 g/mol. The summed E-state index contributed by atoms with van der Waals surface area (Å²) in [6, 6.07) is 17.4. The lowest BCUT2D eigenvalue weighted by Crippen LogP contribution is -2.41. The van der Waals surface area contributed by atoms with Crippen molar-refractivity contribution in [2.75, 3.05) is 11.9 Å². The second-order valence-corrected chi connectivity index (χ2v) is 13.8. The van der Waals surface area contributed by atoms with Gasteiger partial charge in [-0.3, -0.25) is 0 Å². The fourth-order valence-corrected chi connectivity index (χ4v) is 3.56. The Morgan fingerprint density at radius 3 is 1.85 bits per heavy atom. The van der Waals surface area contributed by atoms with Gasteiger partial charge in [-0.05, 0) is 65.9 Å². The van der Waals surface area contributed by atoms with E-state index in [-0.39, 0.29) is 5.04 Å². The molecule has 142 valence electrons. The molecule has 2 rings (SSSR count). The maximum absolute atomic E-state index is 6.28. The first kappa shape index (κ1) is 20.7. The normalized spacial score (nSPS) is 12.5. The van der Waals surface area contributed by atoms with Crippen molar-refractivity contribution < 1.29 is 4.43 Å². The zero-order valence-electron chi connectivity index (χ0n) is 17.5. The van der Waals surface area contributed by atoms with Crippen LogP contribution in [0.2, 0.25) is 18.1 Å². The van der Waals surface area contributed by atoms with Crippen LogP contribution in [0.25, 0.3) is 0 Å². The zero-order valence-corrected chi connectivity index (χ0v) is 18.5. The summed E-state index contributed by atoms with van der Waals surface area (Å²) in [4.78, 5) is 0. The van der Waals surface area contributed by atoms with Crippen molar-refractivity contribution in [3.8, 4) is 0 Å². The molecule has 26 heavy (non-hydrogen) atoms. The van der Waals surface area contributed by atoms with Crippen molar-refractivity contribution in [2.45, 2.75) is 65.1 Å². The highest BCUT2D eigenvalue weighted by Crippen LogP contribution is 2.36. The van der Waals surface area contributed by atoms with Crippen molar-refractivity contribution in [1.82, 2.24) is 0 Å². The third kappa shape index (κ3) is 5.71. The molecule has 0 fully saturated rings. The quantitative estimate of drug-likeness (QED) is 0.525. The molecule has 2 nitrogen and oxygen atoms in total. The average molecular weight is 370 g/mol. The van der Waals surface area contributed by atoms with Gasteiger partial charge in [0.15, 0.2) is 8.32 Å². The first-order chi connectivity index (χ1) is 12.1. The van der Waals surface area contributed by atoms with Crippen molar-refractivity contribution in [2.24, 2.45) is 0 Å². The molecule has 2 aromatic rings. The summed E-state index contributed by atoms with van der Waals surface area (Å²) in [5.41, 5.74) is 4.94. The van der Waals surface area contributed by atoms with Crippen LogP contribution >= 0.6 is 0 Å². The average Bonchev–Trinajstić information content (AvgIpc) is 2.56. The molecule has 0 atom stereocenters. The van der Waals surface area contributed by atoms with Crippen LogP contribution in [0.4, 0.5) is 11.4 Å². The van der Waals surface area contributed by atoms with Crippen LogP contribution < -0.4 is 5.32 Å². The number of hydrogen-bond donors (Lipinski definition) is 1. The summed E-state index contributed by atoms with van der Waals surface area (Å²) >= 11 is 0. The molecule has 3 heteroatoms. The molecule has 0 unspecified atom stereocenters. The largest absolute Gasteiger partial charge is 0.416 e. The minimum absolute atomic E-state index is 0.270. The molecule has 0 aliphatic heterocycles. The minimum Gasteiger partial charge on any atom is -0.416 e. The molecule has 0 heterocycles. The van der Waals surface area contributed by atoms with E-state index in [1.807, 2.05) is 0 Å². The molecule has 0 spiro atoms. The number of hydrogen-bond acceptors (Lipinski definition) is 2. The third-order valence-electron chi connectivity index (χ3n) is 5.48. The second-order valence-electron chi connectivity index (χ2n) is 8.96. The summed E-state index contributed by atoms with van der Waals surface area (Å²) < 4.78 is 6.28. The summed E-state index contributed by atoms with van der Waals surface area (Å²) in [5, 5.41) is 3.74. The highest BCUT2D eigenvalue weighted by Gasteiger charge is 2.36. The molecule has 2 aromatic carbocycles. The van der Waals surface area contributed by atoms with E-state index in [4.69, 9.17) is 4.43 Å². The van der Waals surface area contributed by atoms with E-state index in [1.165, 1.54) is 11.1 Å². The lowest BCUT2D eigenvalue weighted by atomic mass is 10.0. The van der Waals surface area contributed by atoms with Crippen LogP contribution in [0.1, 0.15) is 51.7 Å². The van der Waals surface area contributed by atoms with Gasteiger partial charge >= 0.3 is 0 Å². The van der Waals surface area contributed by atoms with Crippen LogP contribution in [-0.2, 0) is 10.8 Å². The predicted octanol–water partition coefficient (Wildman–Crippen LogP) is 7.12. The molecule has 0 saturated heterocycles. The number of rotatable bonds is 7. The maximum atomic E-state index is 6.28. The molecule has 0 saturated carbocycles. The Labute approximate surface area is 161 Å². The maximum Gasteiger partial charge on any atom is 0.191 e. The third-order valence-corrected chi connectivity index (χ3v) is 10.0. The van der Waals surface area contributed by atoms with Gasteiger partial charge in [-0.1, -0.05) is 58.9 Å². The van der Waals surface area contributed by atoms with E-state index in [0.717, 1.165) is 24.4 Å². The monoisotopic (exact) mass is 369 g/mol. The minimum atomic E-state index is -1.65. The van der Waals surface area contributed by atoms with Gasteiger partial charge in [0.2, 0.25) is 0 Å². The van der Waals surface area contributed by atoms with Crippen LogP contribution in [0.3, 0.4) is 0 Å². The topological polar surface area (TPSA) is 21.3 Å². The van der Waals surface area contributed by atoms with Crippen molar-refractivity contribution in [1.29, 1.82) is 0 Å². The fraction of sp³-hybridized carbons (Fsp3) is 0.478. The van der Waals surface area contributed by atoms with Gasteiger partial charge < -0.3 is 9.74 Å². The van der Waals surface area contributed by atoms with E-state index >= 15 is 0 Å². The molecule has 0 aromatic heterocycles. The smallest absolute Gasteiger partial charge is 0.191 e. The van der Waals surface area contributed by atoms with Gasteiger partial charge in [0, 0.05) is 18.0 Å². The summed E-state index contributed by atoms with van der Waals surface area (Å²) in [5.74, 6) is 0.567. The molecule has 0 radical (unpaired) electrons. The first-order valence-electron chi connectivity index (χ1n) is 9.68. The molecule has 0 aliphatic carbocycles. The lowest BCUT2D eigenvalue weighted by Gasteiger charge is -2.36. The molecule has 0 amide bonds. The summed E-state index contributed by atoms with van der Waals surface area (Å²) in [6.07, 6.45) is 0.968.